The van der Waals surface area contributed by atoms with Crippen molar-refractivity contribution in [2.24, 2.45) is 5.92 Å². The standard InChI is InChI=1S/C20H26N4O/c1-4-16-7-5-6-15(3)18(16)23-20-21-12-17(13-22-20)19(25)24-10-8-14(2)9-11-24/h5-7,12-14H,4,8-11H2,1-3H3,(H,21,22,23). The highest BCUT2D eigenvalue weighted by atomic mass is 16.2. The molecule has 25 heavy (non-hydrogen) atoms. The van der Waals surface area contributed by atoms with Gasteiger partial charge in [0.1, 0.15) is 0 Å². The Morgan fingerprint density at radius 1 is 1.24 bits per heavy atom. The van der Waals surface area contributed by atoms with Gasteiger partial charge in [-0.1, -0.05) is 32.0 Å². The van der Waals surface area contributed by atoms with Crippen LogP contribution >= 0.6 is 0 Å². The van der Waals surface area contributed by atoms with Crippen molar-refractivity contribution in [3.05, 3.63) is 47.3 Å². The van der Waals surface area contributed by atoms with Crippen molar-refractivity contribution < 1.29 is 4.79 Å². The van der Waals surface area contributed by atoms with E-state index in [1.165, 1.54) is 5.56 Å². The summed E-state index contributed by atoms with van der Waals surface area (Å²) in [6.45, 7) is 8.08. The molecule has 3 rings (SSSR count). The van der Waals surface area contributed by atoms with Crippen molar-refractivity contribution in [3.8, 4) is 0 Å². The molecule has 0 aliphatic carbocycles. The summed E-state index contributed by atoms with van der Waals surface area (Å²) in [7, 11) is 0. The van der Waals surface area contributed by atoms with Crippen LogP contribution in [0.25, 0.3) is 0 Å². The van der Waals surface area contributed by atoms with Crippen LogP contribution in [0.3, 0.4) is 0 Å². The average molecular weight is 338 g/mol. The van der Waals surface area contributed by atoms with Gasteiger partial charge in [-0.3, -0.25) is 4.79 Å². The molecule has 1 amide bonds. The second kappa shape index (κ2) is 7.64. The smallest absolute Gasteiger partial charge is 0.256 e. The van der Waals surface area contributed by atoms with Crippen LogP contribution in [0.4, 0.5) is 11.6 Å². The van der Waals surface area contributed by atoms with E-state index in [2.05, 4.69) is 54.3 Å². The molecule has 0 atom stereocenters. The van der Waals surface area contributed by atoms with Gasteiger partial charge in [0.15, 0.2) is 0 Å². The first-order valence-electron chi connectivity index (χ1n) is 9.05. The van der Waals surface area contributed by atoms with Gasteiger partial charge < -0.3 is 10.2 Å². The molecule has 1 fully saturated rings. The summed E-state index contributed by atoms with van der Waals surface area (Å²) >= 11 is 0. The Hall–Kier alpha value is -2.43. The van der Waals surface area contributed by atoms with Crippen LogP contribution in [0.2, 0.25) is 0 Å². The number of piperidine rings is 1. The molecule has 2 heterocycles. The van der Waals surface area contributed by atoms with Crippen molar-refractivity contribution in [1.82, 2.24) is 14.9 Å². The molecular formula is C20H26N4O. The van der Waals surface area contributed by atoms with E-state index in [9.17, 15) is 4.79 Å². The summed E-state index contributed by atoms with van der Waals surface area (Å²) < 4.78 is 0. The number of rotatable bonds is 4. The topological polar surface area (TPSA) is 58.1 Å². The lowest BCUT2D eigenvalue weighted by Crippen LogP contribution is -2.38. The predicted octanol–water partition coefficient (Wildman–Crippen LogP) is 3.96. The molecule has 0 radical (unpaired) electrons. The lowest BCUT2D eigenvalue weighted by atomic mass is 9.99. The van der Waals surface area contributed by atoms with Crippen LogP contribution in [0.15, 0.2) is 30.6 Å². The fourth-order valence-corrected chi connectivity index (χ4v) is 3.21. The molecule has 0 bridgehead atoms. The summed E-state index contributed by atoms with van der Waals surface area (Å²) in [4.78, 5) is 23.2. The zero-order valence-corrected chi connectivity index (χ0v) is 15.2. The lowest BCUT2D eigenvalue weighted by molar-refractivity contribution is 0.0696. The number of amides is 1. The van der Waals surface area contributed by atoms with Gasteiger partial charge in [-0.2, -0.15) is 0 Å². The first-order valence-corrected chi connectivity index (χ1v) is 9.05. The molecule has 132 valence electrons. The number of likely N-dealkylation sites (tertiary alicyclic amines) is 1. The largest absolute Gasteiger partial charge is 0.339 e. The monoisotopic (exact) mass is 338 g/mol. The minimum Gasteiger partial charge on any atom is -0.339 e. The van der Waals surface area contributed by atoms with Crippen LogP contribution in [0, 0.1) is 12.8 Å². The highest BCUT2D eigenvalue weighted by Crippen LogP contribution is 2.24. The molecule has 0 saturated carbocycles. The van der Waals surface area contributed by atoms with E-state index in [0.717, 1.165) is 43.6 Å². The van der Waals surface area contributed by atoms with Crippen molar-refractivity contribution in [3.63, 3.8) is 0 Å². The fourth-order valence-electron chi connectivity index (χ4n) is 3.21. The molecule has 1 aliphatic rings. The van der Waals surface area contributed by atoms with Crippen molar-refractivity contribution in [1.29, 1.82) is 0 Å². The fraction of sp³-hybridized carbons (Fsp3) is 0.450. The molecule has 5 heteroatoms. The van der Waals surface area contributed by atoms with Crippen molar-refractivity contribution in [2.45, 2.75) is 40.0 Å². The van der Waals surface area contributed by atoms with E-state index in [4.69, 9.17) is 0 Å². The predicted molar refractivity (Wildman–Crippen MR) is 100 cm³/mol. The number of carbonyl (C=O) groups excluding carboxylic acids is 1. The molecule has 1 saturated heterocycles. The van der Waals surface area contributed by atoms with Crippen molar-refractivity contribution >= 4 is 17.5 Å². The van der Waals surface area contributed by atoms with Crippen LogP contribution < -0.4 is 5.32 Å². The maximum atomic E-state index is 12.6. The molecule has 0 spiro atoms. The van der Waals surface area contributed by atoms with Gasteiger partial charge in [-0.05, 0) is 43.2 Å². The number of anilines is 2. The molecule has 5 nitrogen and oxygen atoms in total. The Balaban J connectivity index is 1.72. The van der Waals surface area contributed by atoms with Crippen molar-refractivity contribution in [2.75, 3.05) is 18.4 Å². The molecule has 1 aromatic carbocycles. The van der Waals surface area contributed by atoms with Gasteiger partial charge in [0.25, 0.3) is 5.91 Å². The summed E-state index contributed by atoms with van der Waals surface area (Å²) in [5.41, 5.74) is 3.99. The second-order valence-electron chi connectivity index (χ2n) is 6.86. The Kier molecular flexibility index (Phi) is 5.31. The SMILES string of the molecule is CCc1cccc(C)c1Nc1ncc(C(=O)N2CCC(C)CC2)cn1. The van der Waals surface area contributed by atoms with Gasteiger partial charge in [0.05, 0.1) is 5.56 Å². The third-order valence-corrected chi connectivity index (χ3v) is 4.95. The van der Waals surface area contributed by atoms with Crippen LogP contribution in [-0.4, -0.2) is 33.9 Å². The molecule has 0 unspecified atom stereocenters. The zero-order chi connectivity index (χ0) is 17.8. The minimum absolute atomic E-state index is 0.0311. The lowest BCUT2D eigenvalue weighted by Gasteiger charge is -2.30. The second-order valence-corrected chi connectivity index (χ2v) is 6.86. The number of hydrogen-bond acceptors (Lipinski definition) is 4. The number of carbonyl (C=O) groups is 1. The van der Waals surface area contributed by atoms with Gasteiger partial charge >= 0.3 is 0 Å². The Morgan fingerprint density at radius 3 is 2.56 bits per heavy atom. The number of aryl methyl sites for hydroxylation is 2. The third kappa shape index (κ3) is 3.98. The van der Waals surface area contributed by atoms with Gasteiger partial charge in [0, 0.05) is 31.2 Å². The van der Waals surface area contributed by atoms with E-state index in [-0.39, 0.29) is 5.91 Å². The van der Waals surface area contributed by atoms with E-state index >= 15 is 0 Å². The number of hydrogen-bond donors (Lipinski definition) is 1. The summed E-state index contributed by atoms with van der Waals surface area (Å²) in [5, 5.41) is 3.30. The van der Waals surface area contributed by atoms with Crippen LogP contribution in [0.1, 0.15) is 48.2 Å². The van der Waals surface area contributed by atoms with Crippen LogP contribution in [-0.2, 0) is 6.42 Å². The third-order valence-electron chi connectivity index (χ3n) is 4.95. The Bertz CT molecular complexity index is 734. The number of aromatic nitrogens is 2. The summed E-state index contributed by atoms with van der Waals surface area (Å²) in [6.07, 6.45) is 6.33. The van der Waals surface area contributed by atoms with E-state index in [0.29, 0.717) is 17.4 Å². The molecular weight excluding hydrogens is 312 g/mol. The molecule has 2 aromatic rings. The van der Waals surface area contributed by atoms with E-state index in [1.807, 2.05) is 4.90 Å². The quantitative estimate of drug-likeness (QED) is 0.916. The Labute approximate surface area is 149 Å². The van der Waals surface area contributed by atoms with Gasteiger partial charge in [-0.15, -0.1) is 0 Å². The van der Waals surface area contributed by atoms with Crippen LogP contribution in [0.5, 0.6) is 0 Å². The van der Waals surface area contributed by atoms with E-state index < -0.39 is 0 Å². The maximum Gasteiger partial charge on any atom is 0.256 e. The zero-order valence-electron chi connectivity index (χ0n) is 15.2. The number of nitrogens with zero attached hydrogens (tertiary/aromatic N) is 3. The summed E-state index contributed by atoms with van der Waals surface area (Å²) in [6, 6.07) is 6.22. The number of benzene rings is 1. The van der Waals surface area contributed by atoms with Gasteiger partial charge in [0.2, 0.25) is 5.95 Å². The first-order chi connectivity index (χ1) is 12.1. The average Bonchev–Trinajstić information content (AvgIpc) is 2.64. The highest BCUT2D eigenvalue weighted by molar-refractivity contribution is 5.93. The number of nitrogens with one attached hydrogen (secondary N) is 1. The maximum absolute atomic E-state index is 12.6. The normalized spacial score (nSPS) is 15.2. The Morgan fingerprint density at radius 2 is 1.92 bits per heavy atom. The van der Waals surface area contributed by atoms with E-state index in [1.54, 1.807) is 12.4 Å². The van der Waals surface area contributed by atoms with Gasteiger partial charge in [-0.25, -0.2) is 9.97 Å². The highest BCUT2D eigenvalue weighted by Gasteiger charge is 2.21. The molecule has 1 aliphatic heterocycles. The molecule has 1 aromatic heterocycles. The summed E-state index contributed by atoms with van der Waals surface area (Å²) in [5.74, 6) is 1.25. The first kappa shape index (κ1) is 17.4. The number of para-hydroxylation sites is 1. The minimum atomic E-state index is 0.0311. The molecule has 1 N–H and O–H groups in total.